The van der Waals surface area contributed by atoms with Gasteiger partial charge in [0.2, 0.25) is 0 Å². The molecule has 9 rings (SSSR count). The van der Waals surface area contributed by atoms with Crippen molar-refractivity contribution in [3.05, 3.63) is 158 Å². The van der Waals surface area contributed by atoms with E-state index in [0.717, 1.165) is 50.0 Å². The van der Waals surface area contributed by atoms with Crippen LogP contribution in [-0.4, -0.2) is 0 Å². The Hall–Kier alpha value is -5.86. The first-order chi connectivity index (χ1) is 21.8. The minimum Gasteiger partial charge on any atom is -0.453 e. The lowest BCUT2D eigenvalue weighted by Gasteiger charge is -2.15. The minimum absolute atomic E-state index is 0.855. The monoisotopic (exact) mass is 561 g/mol. The van der Waals surface area contributed by atoms with Gasteiger partial charge in [-0.2, -0.15) is 0 Å². The smallest absolute Gasteiger partial charge is 0.158 e. The molecule has 0 spiro atoms. The molecule has 1 N–H and O–H groups in total. The van der Waals surface area contributed by atoms with Gasteiger partial charge in [0.1, 0.15) is 5.58 Å². The Balaban J connectivity index is 1.28. The fraction of sp³-hybridized carbons (Fsp3) is 0. The normalized spacial score (nSPS) is 11.6. The number of furan rings is 1. The van der Waals surface area contributed by atoms with Crippen LogP contribution in [0.4, 0.5) is 11.4 Å². The van der Waals surface area contributed by atoms with E-state index in [1.54, 1.807) is 0 Å². The summed E-state index contributed by atoms with van der Waals surface area (Å²) in [6.45, 7) is 0. The lowest BCUT2D eigenvalue weighted by Crippen LogP contribution is -1.95. The van der Waals surface area contributed by atoms with Gasteiger partial charge in [-0.15, -0.1) is 0 Å². The molecule has 0 saturated carbocycles. The lowest BCUT2D eigenvalue weighted by atomic mass is 9.96. The Morgan fingerprint density at radius 3 is 1.82 bits per heavy atom. The summed E-state index contributed by atoms with van der Waals surface area (Å²) >= 11 is 0. The molecule has 0 aliphatic carbocycles. The van der Waals surface area contributed by atoms with Crippen LogP contribution in [0.15, 0.2) is 162 Å². The molecule has 0 aliphatic heterocycles. The number of benzene rings is 8. The first-order valence-electron chi connectivity index (χ1n) is 15.0. The third-order valence-electron chi connectivity index (χ3n) is 8.79. The van der Waals surface area contributed by atoms with Gasteiger partial charge in [0.05, 0.1) is 5.69 Å². The van der Waals surface area contributed by atoms with Gasteiger partial charge in [0.25, 0.3) is 0 Å². The fourth-order valence-corrected chi connectivity index (χ4v) is 6.66. The summed E-state index contributed by atoms with van der Waals surface area (Å²) in [5.74, 6) is 0. The number of hydrogen-bond donors (Lipinski definition) is 1. The predicted octanol–water partition coefficient (Wildman–Crippen LogP) is 12.1. The van der Waals surface area contributed by atoms with Crippen molar-refractivity contribution in [2.24, 2.45) is 0 Å². The second kappa shape index (κ2) is 9.86. The Labute approximate surface area is 254 Å². The molecule has 0 radical (unpaired) electrons. The fourth-order valence-electron chi connectivity index (χ4n) is 6.66. The average Bonchev–Trinajstić information content (AvgIpc) is 3.49. The molecule has 2 heteroatoms. The van der Waals surface area contributed by atoms with E-state index in [9.17, 15) is 0 Å². The van der Waals surface area contributed by atoms with Crippen molar-refractivity contribution in [2.75, 3.05) is 5.32 Å². The number of para-hydroxylation sites is 1. The standard InChI is InChI=1S/C42H27NO/c1-2-12-28(13-3-1)37-25-32-17-8-9-18-34(32)40-35-19-10-20-38(41(35)44-42(37)40)43-39-26-31-16-7-6-15-30(31)24-36(39)33-22-21-27-11-4-5-14-29(27)23-33/h1-26,43H. The van der Waals surface area contributed by atoms with E-state index in [4.69, 9.17) is 4.42 Å². The summed E-state index contributed by atoms with van der Waals surface area (Å²) in [4.78, 5) is 0. The Bertz CT molecular complexity index is 2520. The number of hydrogen-bond acceptors (Lipinski definition) is 2. The molecule has 1 heterocycles. The van der Waals surface area contributed by atoms with Crippen molar-refractivity contribution in [1.82, 2.24) is 0 Å². The second-order valence-corrected chi connectivity index (χ2v) is 11.4. The Morgan fingerprint density at radius 2 is 1.00 bits per heavy atom. The summed E-state index contributed by atoms with van der Waals surface area (Å²) in [5, 5.41) is 13.3. The highest BCUT2D eigenvalue weighted by atomic mass is 16.3. The molecule has 0 unspecified atom stereocenters. The third-order valence-corrected chi connectivity index (χ3v) is 8.79. The van der Waals surface area contributed by atoms with Crippen LogP contribution >= 0.6 is 0 Å². The van der Waals surface area contributed by atoms with E-state index in [2.05, 4.69) is 163 Å². The van der Waals surface area contributed by atoms with Gasteiger partial charge in [-0.05, 0) is 73.8 Å². The highest BCUT2D eigenvalue weighted by Gasteiger charge is 2.19. The van der Waals surface area contributed by atoms with Crippen molar-refractivity contribution >= 4 is 65.6 Å². The molecule has 9 aromatic rings. The van der Waals surface area contributed by atoms with Gasteiger partial charge < -0.3 is 9.73 Å². The molecule has 2 nitrogen and oxygen atoms in total. The van der Waals surface area contributed by atoms with E-state index in [1.807, 2.05) is 0 Å². The van der Waals surface area contributed by atoms with E-state index in [-0.39, 0.29) is 0 Å². The van der Waals surface area contributed by atoms with E-state index >= 15 is 0 Å². The van der Waals surface area contributed by atoms with Gasteiger partial charge in [-0.25, -0.2) is 0 Å². The quantitative estimate of drug-likeness (QED) is 0.231. The van der Waals surface area contributed by atoms with Crippen molar-refractivity contribution in [2.45, 2.75) is 0 Å². The minimum atomic E-state index is 0.855. The number of rotatable bonds is 4. The van der Waals surface area contributed by atoms with Gasteiger partial charge in [-0.1, -0.05) is 127 Å². The predicted molar refractivity (Wildman–Crippen MR) is 187 cm³/mol. The number of anilines is 2. The summed E-state index contributed by atoms with van der Waals surface area (Å²) in [6, 6.07) is 56.1. The van der Waals surface area contributed by atoms with E-state index in [0.29, 0.717) is 0 Å². The van der Waals surface area contributed by atoms with Gasteiger partial charge in [0, 0.05) is 27.6 Å². The topological polar surface area (TPSA) is 25.2 Å². The van der Waals surface area contributed by atoms with Gasteiger partial charge >= 0.3 is 0 Å². The van der Waals surface area contributed by atoms with Crippen molar-refractivity contribution in [3.63, 3.8) is 0 Å². The summed E-state index contributed by atoms with van der Waals surface area (Å²) in [6.07, 6.45) is 0. The maximum absolute atomic E-state index is 6.88. The molecular formula is C42H27NO. The zero-order valence-electron chi connectivity index (χ0n) is 23.9. The second-order valence-electron chi connectivity index (χ2n) is 11.4. The van der Waals surface area contributed by atoms with Crippen molar-refractivity contribution in [3.8, 4) is 22.3 Å². The highest BCUT2D eigenvalue weighted by Crippen LogP contribution is 2.44. The molecule has 206 valence electrons. The maximum atomic E-state index is 6.88. The summed E-state index contributed by atoms with van der Waals surface area (Å²) < 4.78 is 6.88. The van der Waals surface area contributed by atoms with Crippen molar-refractivity contribution in [1.29, 1.82) is 0 Å². The SMILES string of the molecule is c1ccc(-c2cc3ccccc3c3c2oc2c(Nc4cc5ccccc5cc4-c4ccc5ccccc5c4)cccc23)cc1. The summed E-state index contributed by atoms with van der Waals surface area (Å²) in [7, 11) is 0. The van der Waals surface area contributed by atoms with Crippen LogP contribution < -0.4 is 5.32 Å². The Morgan fingerprint density at radius 1 is 0.364 bits per heavy atom. The van der Waals surface area contributed by atoms with Crippen LogP contribution in [0.5, 0.6) is 0 Å². The van der Waals surface area contributed by atoms with Crippen LogP contribution in [0.25, 0.3) is 76.5 Å². The molecule has 0 amide bonds. The summed E-state index contributed by atoms with van der Waals surface area (Å²) in [5.41, 5.74) is 8.32. The van der Waals surface area contributed by atoms with Crippen LogP contribution in [-0.2, 0) is 0 Å². The molecule has 0 bridgehead atoms. The molecule has 8 aromatic carbocycles. The molecule has 44 heavy (non-hydrogen) atoms. The van der Waals surface area contributed by atoms with Crippen molar-refractivity contribution < 1.29 is 4.42 Å². The number of fused-ring (bicyclic) bond motifs is 7. The number of nitrogens with one attached hydrogen (secondary N) is 1. The molecule has 1 aromatic heterocycles. The molecular weight excluding hydrogens is 534 g/mol. The van der Waals surface area contributed by atoms with E-state index in [1.165, 1.54) is 37.9 Å². The van der Waals surface area contributed by atoms with Crippen LogP contribution in [0.2, 0.25) is 0 Å². The van der Waals surface area contributed by atoms with Gasteiger partial charge in [0.15, 0.2) is 5.58 Å². The van der Waals surface area contributed by atoms with Gasteiger partial charge in [-0.3, -0.25) is 0 Å². The zero-order chi connectivity index (χ0) is 29.0. The molecule has 0 saturated heterocycles. The Kier molecular flexibility index (Phi) is 5.54. The average molecular weight is 562 g/mol. The zero-order valence-corrected chi connectivity index (χ0v) is 23.9. The molecule has 0 fully saturated rings. The third kappa shape index (κ3) is 3.96. The first-order valence-corrected chi connectivity index (χ1v) is 15.0. The molecule has 0 aliphatic rings. The van der Waals surface area contributed by atoms with E-state index < -0.39 is 0 Å². The maximum Gasteiger partial charge on any atom is 0.158 e. The molecule has 0 atom stereocenters. The lowest BCUT2D eigenvalue weighted by molar-refractivity contribution is 0.671. The van der Waals surface area contributed by atoms with Crippen LogP contribution in [0.1, 0.15) is 0 Å². The first kappa shape index (κ1) is 24.7. The highest BCUT2D eigenvalue weighted by molar-refractivity contribution is 6.24. The van der Waals surface area contributed by atoms with Crippen LogP contribution in [0, 0.1) is 0 Å². The van der Waals surface area contributed by atoms with Crippen LogP contribution in [0.3, 0.4) is 0 Å². The largest absolute Gasteiger partial charge is 0.453 e.